The Morgan fingerprint density at radius 1 is 1.40 bits per heavy atom. The molecule has 1 heterocycles. The lowest BCUT2D eigenvalue weighted by atomic mass is 10.2. The Kier molecular flexibility index (Phi) is 7.20. The molecule has 2 rings (SSSR count). The summed E-state index contributed by atoms with van der Waals surface area (Å²) >= 11 is 6.63. The Hall–Kier alpha value is -2.13. The molecule has 0 saturated heterocycles. The van der Waals surface area contributed by atoms with Crippen LogP contribution in [0.25, 0.3) is 0 Å². The van der Waals surface area contributed by atoms with E-state index in [1.807, 2.05) is 12.3 Å². The number of unbranched alkanes of at least 4 members (excludes halogenated alkanes) is 1. The number of thioether (sulfide) groups is 1. The normalized spacial score (nSPS) is 10.4. The van der Waals surface area contributed by atoms with Crippen LogP contribution in [0.2, 0.25) is 0 Å². The van der Waals surface area contributed by atoms with Gasteiger partial charge in [0.1, 0.15) is 11.6 Å². The summed E-state index contributed by atoms with van der Waals surface area (Å²) in [6.45, 7) is 4.52. The van der Waals surface area contributed by atoms with E-state index in [4.69, 9.17) is 17.0 Å². The van der Waals surface area contributed by atoms with Gasteiger partial charge in [-0.1, -0.05) is 31.2 Å². The number of rotatable bonds is 7. The SMILES string of the molecule is CCCCOc1cccc(C(=O)NC(=S)Nn2c(C)nnc2SC)c1. The van der Waals surface area contributed by atoms with Crippen LogP contribution >= 0.6 is 24.0 Å². The van der Waals surface area contributed by atoms with Crippen molar-refractivity contribution < 1.29 is 9.53 Å². The number of ether oxygens (including phenoxy) is 1. The number of aromatic nitrogens is 3. The smallest absolute Gasteiger partial charge is 0.257 e. The first-order chi connectivity index (χ1) is 12.0. The van der Waals surface area contributed by atoms with Crippen molar-refractivity contribution in [1.82, 2.24) is 20.2 Å². The number of carbonyl (C=O) groups is 1. The molecule has 0 saturated carbocycles. The van der Waals surface area contributed by atoms with Gasteiger partial charge in [0.2, 0.25) is 5.16 Å². The van der Waals surface area contributed by atoms with Crippen molar-refractivity contribution in [3.05, 3.63) is 35.7 Å². The summed E-state index contributed by atoms with van der Waals surface area (Å²) < 4.78 is 7.24. The van der Waals surface area contributed by atoms with Gasteiger partial charge < -0.3 is 4.74 Å². The first-order valence-electron chi connectivity index (χ1n) is 7.86. The standard InChI is InChI=1S/C16H21N5O2S2/c1-4-5-9-23-13-8-6-7-12(10-13)14(22)17-15(24)20-21-11(2)18-19-16(21)25-3/h6-8,10H,4-5,9H2,1-3H3,(H2,17,20,22,24). The minimum Gasteiger partial charge on any atom is -0.494 e. The Morgan fingerprint density at radius 3 is 2.92 bits per heavy atom. The molecule has 2 N–H and O–H groups in total. The van der Waals surface area contributed by atoms with Crippen LogP contribution in [0.1, 0.15) is 35.9 Å². The fourth-order valence-corrected chi connectivity index (χ4v) is 2.64. The molecule has 0 unspecified atom stereocenters. The second kappa shape index (κ2) is 9.38. The van der Waals surface area contributed by atoms with Crippen LogP contribution in [0.5, 0.6) is 5.75 Å². The van der Waals surface area contributed by atoms with Gasteiger partial charge in [-0.2, -0.15) is 0 Å². The number of hydrogen-bond donors (Lipinski definition) is 2. The third-order valence-corrected chi connectivity index (χ3v) is 4.10. The van der Waals surface area contributed by atoms with Crippen LogP contribution in [-0.2, 0) is 0 Å². The fraction of sp³-hybridized carbons (Fsp3) is 0.375. The van der Waals surface area contributed by atoms with Crippen molar-refractivity contribution in [2.45, 2.75) is 31.8 Å². The van der Waals surface area contributed by atoms with Crippen LogP contribution in [0.4, 0.5) is 0 Å². The number of benzene rings is 1. The maximum Gasteiger partial charge on any atom is 0.257 e. The molecule has 7 nitrogen and oxygen atoms in total. The molecule has 0 spiro atoms. The van der Waals surface area contributed by atoms with E-state index in [0.29, 0.717) is 28.9 Å². The zero-order chi connectivity index (χ0) is 18.2. The van der Waals surface area contributed by atoms with Crippen LogP contribution in [0.3, 0.4) is 0 Å². The highest BCUT2D eigenvalue weighted by molar-refractivity contribution is 7.98. The summed E-state index contributed by atoms with van der Waals surface area (Å²) in [4.78, 5) is 12.4. The summed E-state index contributed by atoms with van der Waals surface area (Å²) in [6.07, 6.45) is 3.91. The summed E-state index contributed by atoms with van der Waals surface area (Å²) in [6, 6.07) is 7.02. The van der Waals surface area contributed by atoms with Gasteiger partial charge in [0, 0.05) is 5.56 Å². The van der Waals surface area contributed by atoms with Gasteiger partial charge >= 0.3 is 0 Å². The quantitative estimate of drug-likeness (QED) is 0.435. The average molecular weight is 380 g/mol. The molecule has 9 heteroatoms. The maximum atomic E-state index is 12.4. The predicted octanol–water partition coefficient (Wildman–Crippen LogP) is 2.75. The topological polar surface area (TPSA) is 81.1 Å². The molecule has 134 valence electrons. The van der Waals surface area contributed by atoms with E-state index in [-0.39, 0.29) is 11.0 Å². The number of nitrogens with one attached hydrogen (secondary N) is 2. The van der Waals surface area contributed by atoms with Crippen molar-refractivity contribution in [1.29, 1.82) is 0 Å². The number of aryl methyl sites for hydroxylation is 1. The van der Waals surface area contributed by atoms with Gasteiger partial charge in [-0.25, -0.2) is 4.68 Å². The average Bonchev–Trinajstić information content (AvgIpc) is 2.95. The molecule has 1 aromatic carbocycles. The molecular formula is C16H21N5O2S2. The zero-order valence-electron chi connectivity index (χ0n) is 14.4. The van der Waals surface area contributed by atoms with Gasteiger partial charge in [-0.15, -0.1) is 10.2 Å². The summed E-state index contributed by atoms with van der Waals surface area (Å²) in [7, 11) is 0. The van der Waals surface area contributed by atoms with E-state index in [2.05, 4.69) is 27.9 Å². The van der Waals surface area contributed by atoms with E-state index in [0.717, 1.165) is 12.8 Å². The molecule has 0 atom stereocenters. The van der Waals surface area contributed by atoms with Crippen LogP contribution in [0, 0.1) is 6.92 Å². The van der Waals surface area contributed by atoms with Gasteiger partial charge in [-0.3, -0.25) is 15.5 Å². The van der Waals surface area contributed by atoms with E-state index < -0.39 is 0 Å². The lowest BCUT2D eigenvalue weighted by Crippen LogP contribution is -2.38. The minimum absolute atomic E-state index is 0.167. The monoisotopic (exact) mass is 379 g/mol. The van der Waals surface area contributed by atoms with Crippen LogP contribution in [-0.4, -0.2) is 38.8 Å². The molecule has 1 amide bonds. The van der Waals surface area contributed by atoms with E-state index in [1.54, 1.807) is 29.8 Å². The van der Waals surface area contributed by atoms with Crippen molar-refractivity contribution >= 4 is 35.0 Å². The fourth-order valence-electron chi connectivity index (χ4n) is 1.97. The van der Waals surface area contributed by atoms with E-state index in [9.17, 15) is 4.79 Å². The highest BCUT2D eigenvalue weighted by Crippen LogP contribution is 2.14. The highest BCUT2D eigenvalue weighted by Gasteiger charge is 2.12. The maximum absolute atomic E-state index is 12.4. The van der Waals surface area contributed by atoms with Gasteiger partial charge in [0.15, 0.2) is 5.11 Å². The molecule has 2 aromatic rings. The van der Waals surface area contributed by atoms with E-state index in [1.165, 1.54) is 11.8 Å². The largest absolute Gasteiger partial charge is 0.494 e. The van der Waals surface area contributed by atoms with Gasteiger partial charge in [-0.05, 0) is 50.0 Å². The molecule has 0 aliphatic rings. The summed E-state index contributed by atoms with van der Waals surface area (Å²) in [5.41, 5.74) is 3.38. The predicted molar refractivity (Wildman–Crippen MR) is 103 cm³/mol. The molecule has 1 aromatic heterocycles. The third-order valence-electron chi connectivity index (χ3n) is 3.28. The first kappa shape index (κ1) is 19.2. The summed E-state index contributed by atoms with van der Waals surface area (Å²) in [5.74, 6) is 1.00. The van der Waals surface area contributed by atoms with Gasteiger partial charge in [0.25, 0.3) is 5.91 Å². The molecular weight excluding hydrogens is 358 g/mol. The third kappa shape index (κ3) is 5.43. The highest BCUT2D eigenvalue weighted by atomic mass is 32.2. The number of carbonyl (C=O) groups excluding carboxylic acids is 1. The molecule has 0 radical (unpaired) electrons. The molecule has 0 fully saturated rings. The number of amides is 1. The van der Waals surface area contributed by atoms with E-state index >= 15 is 0 Å². The number of nitrogens with zero attached hydrogens (tertiary/aromatic N) is 3. The van der Waals surface area contributed by atoms with Crippen molar-refractivity contribution in [2.75, 3.05) is 18.3 Å². The van der Waals surface area contributed by atoms with Crippen molar-refractivity contribution in [3.63, 3.8) is 0 Å². The molecule has 25 heavy (non-hydrogen) atoms. The number of thiocarbonyl (C=S) groups is 1. The Balaban J connectivity index is 1.98. The molecule has 0 bridgehead atoms. The first-order valence-corrected chi connectivity index (χ1v) is 9.49. The van der Waals surface area contributed by atoms with Crippen molar-refractivity contribution in [2.24, 2.45) is 0 Å². The van der Waals surface area contributed by atoms with Crippen LogP contribution < -0.4 is 15.5 Å². The molecule has 0 aliphatic heterocycles. The number of hydrogen-bond acceptors (Lipinski definition) is 6. The lowest BCUT2D eigenvalue weighted by Gasteiger charge is -2.13. The second-order valence-corrected chi connectivity index (χ2v) is 6.38. The van der Waals surface area contributed by atoms with Crippen molar-refractivity contribution in [3.8, 4) is 5.75 Å². The summed E-state index contributed by atoms with van der Waals surface area (Å²) in [5, 5.41) is 11.4. The Labute approximate surface area is 156 Å². The van der Waals surface area contributed by atoms with Crippen LogP contribution in [0.15, 0.2) is 29.4 Å². The van der Waals surface area contributed by atoms with Gasteiger partial charge in [0.05, 0.1) is 6.61 Å². The Morgan fingerprint density at radius 2 is 2.20 bits per heavy atom. The lowest BCUT2D eigenvalue weighted by molar-refractivity contribution is 0.0977. The second-order valence-electron chi connectivity index (χ2n) is 5.19. The minimum atomic E-state index is -0.310. The Bertz CT molecular complexity index is 748. The molecule has 0 aliphatic carbocycles. The zero-order valence-corrected chi connectivity index (χ0v) is 16.0.